The molecule has 0 saturated heterocycles. The van der Waals surface area contributed by atoms with Gasteiger partial charge in [0.2, 0.25) is 0 Å². The highest BCUT2D eigenvalue weighted by Gasteiger charge is 2.08. The van der Waals surface area contributed by atoms with E-state index in [9.17, 15) is 4.39 Å². The monoisotopic (exact) mass is 340 g/mol. The summed E-state index contributed by atoms with van der Waals surface area (Å²) in [7, 11) is -1.03. The molecule has 1 aromatic rings. The lowest BCUT2D eigenvalue weighted by Crippen LogP contribution is -2.08. The van der Waals surface area contributed by atoms with Crippen molar-refractivity contribution >= 4 is 40.9 Å². The Morgan fingerprint density at radius 2 is 1.79 bits per heavy atom. The molecule has 1 rings (SSSR count). The van der Waals surface area contributed by atoms with Crippen LogP contribution < -0.4 is 0 Å². The number of hydrogen-bond donors (Lipinski definition) is 0. The van der Waals surface area contributed by atoms with Crippen LogP contribution in [0.5, 0.6) is 0 Å². The van der Waals surface area contributed by atoms with E-state index < -0.39 is 9.04 Å². The first-order valence-corrected chi connectivity index (χ1v) is 8.62. The molecule has 78 valence electrons. The van der Waals surface area contributed by atoms with E-state index in [4.69, 9.17) is 4.43 Å². The van der Waals surface area contributed by atoms with Crippen LogP contribution >= 0.6 is 31.9 Å². The predicted octanol–water partition coefficient (Wildman–Crippen LogP) is 3.85. The lowest BCUT2D eigenvalue weighted by atomic mass is 10.2. The van der Waals surface area contributed by atoms with Gasteiger partial charge in [-0.15, -0.1) is 0 Å². The Labute approximate surface area is 102 Å². The van der Waals surface area contributed by atoms with Crippen LogP contribution in [0.3, 0.4) is 0 Å². The fourth-order valence-corrected chi connectivity index (χ4v) is 2.82. The SMILES string of the molecule is C[SiH](C)OCc1c(Br)cc(F)cc1Br. The summed E-state index contributed by atoms with van der Waals surface area (Å²) in [6, 6.07) is 2.90. The van der Waals surface area contributed by atoms with Crippen LogP contribution in [-0.2, 0) is 11.0 Å². The highest BCUT2D eigenvalue weighted by molar-refractivity contribution is 9.11. The Morgan fingerprint density at radius 3 is 2.21 bits per heavy atom. The summed E-state index contributed by atoms with van der Waals surface area (Å²) in [5, 5.41) is 0. The first-order chi connectivity index (χ1) is 6.50. The largest absolute Gasteiger partial charge is 0.416 e. The molecular weight excluding hydrogens is 331 g/mol. The van der Waals surface area contributed by atoms with E-state index >= 15 is 0 Å². The molecule has 0 atom stereocenters. The molecule has 0 aliphatic heterocycles. The highest BCUT2D eigenvalue weighted by atomic mass is 79.9. The van der Waals surface area contributed by atoms with E-state index in [0.717, 1.165) is 14.5 Å². The van der Waals surface area contributed by atoms with Gasteiger partial charge in [0.15, 0.2) is 9.04 Å². The molecule has 0 aliphatic carbocycles. The molecular formula is C9H11Br2FOSi. The Bertz CT molecular complexity index is 308. The van der Waals surface area contributed by atoms with Gasteiger partial charge < -0.3 is 4.43 Å². The minimum atomic E-state index is -1.03. The maximum atomic E-state index is 12.9. The van der Waals surface area contributed by atoms with Crippen molar-refractivity contribution in [3.05, 3.63) is 32.5 Å². The summed E-state index contributed by atoms with van der Waals surface area (Å²) >= 11 is 6.63. The second-order valence-corrected chi connectivity index (χ2v) is 7.35. The predicted molar refractivity (Wildman–Crippen MR) is 65.5 cm³/mol. The van der Waals surface area contributed by atoms with Crippen LogP contribution in [0.1, 0.15) is 5.56 Å². The van der Waals surface area contributed by atoms with Gasteiger partial charge in [-0.2, -0.15) is 0 Å². The van der Waals surface area contributed by atoms with Crippen LogP contribution in [0, 0.1) is 5.82 Å². The van der Waals surface area contributed by atoms with Gasteiger partial charge in [0, 0.05) is 14.5 Å². The molecule has 0 saturated carbocycles. The van der Waals surface area contributed by atoms with Crippen molar-refractivity contribution in [1.82, 2.24) is 0 Å². The van der Waals surface area contributed by atoms with Gasteiger partial charge in [0.25, 0.3) is 0 Å². The molecule has 14 heavy (non-hydrogen) atoms. The normalized spacial score (nSPS) is 11.0. The third kappa shape index (κ3) is 3.45. The Kier molecular flexibility index (Phi) is 4.76. The Morgan fingerprint density at radius 1 is 1.29 bits per heavy atom. The standard InChI is InChI=1S/C9H11Br2FOSi/c1-14(2)13-5-7-8(10)3-6(12)4-9(7)11/h3-4,14H,5H2,1-2H3. The molecule has 0 amide bonds. The van der Waals surface area contributed by atoms with Crippen molar-refractivity contribution in [3.63, 3.8) is 0 Å². The molecule has 0 fully saturated rings. The maximum Gasteiger partial charge on any atom is 0.171 e. The first-order valence-electron chi connectivity index (χ1n) is 4.25. The molecule has 1 aromatic carbocycles. The topological polar surface area (TPSA) is 9.23 Å². The lowest BCUT2D eigenvalue weighted by molar-refractivity contribution is 0.312. The molecule has 0 aliphatic rings. The number of benzene rings is 1. The van der Waals surface area contributed by atoms with E-state index in [1.165, 1.54) is 12.1 Å². The molecule has 5 heteroatoms. The third-order valence-electron chi connectivity index (χ3n) is 1.67. The van der Waals surface area contributed by atoms with Crippen molar-refractivity contribution in [2.45, 2.75) is 19.7 Å². The average Bonchev–Trinajstić information content (AvgIpc) is 2.01. The van der Waals surface area contributed by atoms with Crippen LogP contribution in [0.4, 0.5) is 4.39 Å². The number of halogens is 3. The summed E-state index contributed by atoms with van der Waals surface area (Å²) < 4.78 is 20.0. The number of hydrogen-bond acceptors (Lipinski definition) is 1. The molecule has 0 aromatic heterocycles. The van der Waals surface area contributed by atoms with Crippen LogP contribution in [0.15, 0.2) is 21.1 Å². The summed E-state index contributed by atoms with van der Waals surface area (Å²) in [5.74, 6) is -0.255. The van der Waals surface area contributed by atoms with Crippen molar-refractivity contribution in [2.75, 3.05) is 0 Å². The van der Waals surface area contributed by atoms with E-state index in [2.05, 4.69) is 45.0 Å². The fraction of sp³-hybridized carbons (Fsp3) is 0.333. The zero-order valence-electron chi connectivity index (χ0n) is 7.98. The fourth-order valence-electron chi connectivity index (χ4n) is 0.960. The second-order valence-electron chi connectivity index (χ2n) is 3.21. The van der Waals surface area contributed by atoms with Crippen LogP contribution in [0.2, 0.25) is 13.1 Å². The summed E-state index contributed by atoms with van der Waals surface area (Å²) in [6.07, 6.45) is 0. The smallest absolute Gasteiger partial charge is 0.171 e. The first kappa shape index (κ1) is 12.4. The zero-order valence-corrected chi connectivity index (χ0v) is 12.3. The van der Waals surface area contributed by atoms with Gasteiger partial charge in [-0.1, -0.05) is 31.9 Å². The average molecular weight is 342 g/mol. The van der Waals surface area contributed by atoms with E-state index in [-0.39, 0.29) is 5.82 Å². The van der Waals surface area contributed by atoms with Gasteiger partial charge in [0.05, 0.1) is 6.61 Å². The van der Waals surface area contributed by atoms with Crippen molar-refractivity contribution in [2.24, 2.45) is 0 Å². The van der Waals surface area contributed by atoms with Gasteiger partial charge in [-0.05, 0) is 25.2 Å². The van der Waals surface area contributed by atoms with E-state index in [0.29, 0.717) is 6.61 Å². The second kappa shape index (κ2) is 5.39. The molecule has 0 bridgehead atoms. The quantitative estimate of drug-likeness (QED) is 0.759. The zero-order chi connectivity index (χ0) is 10.7. The summed E-state index contributed by atoms with van der Waals surface area (Å²) in [4.78, 5) is 0. The van der Waals surface area contributed by atoms with E-state index in [1.54, 1.807) is 0 Å². The molecule has 1 nitrogen and oxygen atoms in total. The Hall–Kier alpha value is 0.287. The molecule has 0 N–H and O–H groups in total. The van der Waals surface area contributed by atoms with Crippen molar-refractivity contribution < 1.29 is 8.82 Å². The number of rotatable bonds is 3. The van der Waals surface area contributed by atoms with E-state index in [1.807, 2.05) is 0 Å². The maximum absolute atomic E-state index is 12.9. The Balaban J connectivity index is 2.86. The van der Waals surface area contributed by atoms with Gasteiger partial charge >= 0.3 is 0 Å². The minimum absolute atomic E-state index is 0.255. The van der Waals surface area contributed by atoms with Gasteiger partial charge in [-0.3, -0.25) is 0 Å². The molecule has 0 heterocycles. The van der Waals surface area contributed by atoms with Gasteiger partial charge in [-0.25, -0.2) is 4.39 Å². The van der Waals surface area contributed by atoms with Gasteiger partial charge in [0.1, 0.15) is 5.82 Å². The molecule has 0 spiro atoms. The molecule has 0 unspecified atom stereocenters. The summed E-state index contributed by atoms with van der Waals surface area (Å²) in [5.41, 5.74) is 0.965. The minimum Gasteiger partial charge on any atom is -0.416 e. The van der Waals surface area contributed by atoms with Crippen LogP contribution in [0.25, 0.3) is 0 Å². The van der Waals surface area contributed by atoms with Crippen LogP contribution in [-0.4, -0.2) is 9.04 Å². The van der Waals surface area contributed by atoms with Crippen molar-refractivity contribution in [1.29, 1.82) is 0 Å². The molecule has 0 radical (unpaired) electrons. The summed E-state index contributed by atoms with van der Waals surface area (Å²) in [6.45, 7) is 4.74. The van der Waals surface area contributed by atoms with Crippen molar-refractivity contribution in [3.8, 4) is 0 Å². The third-order valence-corrected chi connectivity index (χ3v) is 3.92. The highest BCUT2D eigenvalue weighted by Crippen LogP contribution is 2.27. The lowest BCUT2D eigenvalue weighted by Gasteiger charge is -2.10.